The minimum absolute atomic E-state index is 0.0837. The first kappa shape index (κ1) is 13.2. The fourth-order valence-electron chi connectivity index (χ4n) is 1.33. The van der Waals surface area contributed by atoms with Gasteiger partial charge in [0.1, 0.15) is 0 Å². The van der Waals surface area contributed by atoms with Gasteiger partial charge < -0.3 is 14.2 Å². The highest BCUT2D eigenvalue weighted by atomic mass is 79.9. The lowest BCUT2D eigenvalue weighted by molar-refractivity contribution is 0.205. The Hall–Kier alpha value is -0.880. The summed E-state index contributed by atoms with van der Waals surface area (Å²) in [4.78, 5) is 17.9. The summed E-state index contributed by atoms with van der Waals surface area (Å²) in [6.45, 7) is 1.97. The van der Waals surface area contributed by atoms with Crippen molar-refractivity contribution in [3.8, 4) is 0 Å². The summed E-state index contributed by atoms with van der Waals surface area (Å²) in [6.07, 6.45) is 3.28. The average molecular weight is 290 g/mol. The Morgan fingerprint density at radius 1 is 1.56 bits per heavy atom. The molecular weight excluding hydrogens is 274 g/mol. The van der Waals surface area contributed by atoms with Crippen molar-refractivity contribution in [2.45, 2.75) is 0 Å². The van der Waals surface area contributed by atoms with E-state index in [0.29, 0.717) is 19.0 Å². The van der Waals surface area contributed by atoms with Crippen molar-refractivity contribution < 1.29 is 4.74 Å². The number of halogens is 1. The molecule has 0 fully saturated rings. The number of aromatic nitrogens is 2. The van der Waals surface area contributed by atoms with Crippen molar-refractivity contribution in [2.24, 2.45) is 7.05 Å². The van der Waals surface area contributed by atoms with Crippen molar-refractivity contribution >= 4 is 21.7 Å². The quantitative estimate of drug-likeness (QED) is 0.721. The van der Waals surface area contributed by atoms with Crippen molar-refractivity contribution in [2.75, 3.05) is 37.0 Å². The second-order valence-electron chi connectivity index (χ2n) is 3.34. The molecule has 5 nitrogen and oxygen atoms in total. The SMILES string of the molecule is COCCN(CCBr)c1nccn(C)c1=O. The van der Waals surface area contributed by atoms with E-state index in [2.05, 4.69) is 20.9 Å². The smallest absolute Gasteiger partial charge is 0.293 e. The molecule has 0 saturated heterocycles. The number of alkyl halides is 1. The van der Waals surface area contributed by atoms with Crippen LogP contribution in [0.25, 0.3) is 0 Å². The van der Waals surface area contributed by atoms with Gasteiger partial charge in [-0.3, -0.25) is 4.79 Å². The van der Waals surface area contributed by atoms with Gasteiger partial charge in [-0.1, -0.05) is 15.9 Å². The maximum atomic E-state index is 11.9. The molecule has 0 unspecified atom stereocenters. The number of ether oxygens (including phenoxy) is 1. The Balaban J connectivity index is 2.91. The van der Waals surface area contributed by atoms with Crippen LogP contribution in [0.3, 0.4) is 0 Å². The first-order valence-electron chi connectivity index (χ1n) is 5.02. The summed E-state index contributed by atoms with van der Waals surface area (Å²) in [5.41, 5.74) is -0.0837. The zero-order chi connectivity index (χ0) is 12.0. The molecule has 1 aromatic heterocycles. The van der Waals surface area contributed by atoms with Crippen molar-refractivity contribution in [3.05, 3.63) is 22.7 Å². The normalized spacial score (nSPS) is 10.4. The molecule has 0 atom stereocenters. The fourth-order valence-corrected chi connectivity index (χ4v) is 1.76. The minimum atomic E-state index is -0.0837. The standard InChI is InChI=1S/C10H16BrN3O2/c1-13-6-4-12-9(10(13)15)14(5-3-11)7-8-16-2/h4,6H,3,5,7-8H2,1-2H3. The molecule has 0 saturated carbocycles. The van der Waals surface area contributed by atoms with Gasteiger partial charge in [0, 0.05) is 45.0 Å². The number of rotatable bonds is 6. The van der Waals surface area contributed by atoms with Crippen LogP contribution in [-0.2, 0) is 11.8 Å². The van der Waals surface area contributed by atoms with Gasteiger partial charge in [-0.2, -0.15) is 0 Å². The summed E-state index contributed by atoms with van der Waals surface area (Å²) in [6, 6.07) is 0. The molecule has 0 spiro atoms. The van der Waals surface area contributed by atoms with E-state index in [9.17, 15) is 4.79 Å². The van der Waals surface area contributed by atoms with Gasteiger partial charge in [0.2, 0.25) is 0 Å². The molecule has 0 bridgehead atoms. The molecule has 0 N–H and O–H groups in total. The molecule has 0 amide bonds. The topological polar surface area (TPSA) is 47.4 Å². The Bertz CT molecular complexity index is 381. The molecule has 1 rings (SSSR count). The van der Waals surface area contributed by atoms with E-state index < -0.39 is 0 Å². The van der Waals surface area contributed by atoms with Crippen LogP contribution in [0.15, 0.2) is 17.2 Å². The van der Waals surface area contributed by atoms with Crippen molar-refractivity contribution in [1.29, 1.82) is 0 Å². The largest absolute Gasteiger partial charge is 0.383 e. The van der Waals surface area contributed by atoms with Crippen LogP contribution in [0.5, 0.6) is 0 Å². The van der Waals surface area contributed by atoms with E-state index in [1.165, 1.54) is 4.57 Å². The predicted molar refractivity (Wildman–Crippen MR) is 67.4 cm³/mol. The number of anilines is 1. The van der Waals surface area contributed by atoms with Gasteiger partial charge in [-0.05, 0) is 0 Å². The van der Waals surface area contributed by atoms with Crippen LogP contribution in [0.1, 0.15) is 0 Å². The average Bonchev–Trinajstić information content (AvgIpc) is 2.28. The molecule has 1 heterocycles. The molecule has 1 aromatic rings. The molecule has 16 heavy (non-hydrogen) atoms. The van der Waals surface area contributed by atoms with Crippen molar-refractivity contribution in [1.82, 2.24) is 9.55 Å². The first-order valence-corrected chi connectivity index (χ1v) is 6.14. The van der Waals surface area contributed by atoms with Gasteiger partial charge in [0.15, 0.2) is 5.82 Å². The van der Waals surface area contributed by atoms with Crippen LogP contribution >= 0.6 is 15.9 Å². The van der Waals surface area contributed by atoms with E-state index in [1.54, 1.807) is 26.6 Å². The number of nitrogens with zero attached hydrogens (tertiary/aromatic N) is 3. The van der Waals surface area contributed by atoms with E-state index in [4.69, 9.17) is 4.74 Å². The summed E-state index contributed by atoms with van der Waals surface area (Å²) >= 11 is 3.36. The molecule has 0 aromatic carbocycles. The molecule has 90 valence electrons. The second kappa shape index (κ2) is 6.65. The van der Waals surface area contributed by atoms with E-state index in [0.717, 1.165) is 11.9 Å². The van der Waals surface area contributed by atoms with Crippen LogP contribution in [0.4, 0.5) is 5.82 Å². The van der Waals surface area contributed by atoms with E-state index in [1.807, 2.05) is 4.90 Å². The minimum Gasteiger partial charge on any atom is -0.383 e. The van der Waals surface area contributed by atoms with Gasteiger partial charge in [0.05, 0.1) is 6.61 Å². The third kappa shape index (κ3) is 3.31. The van der Waals surface area contributed by atoms with Gasteiger partial charge in [-0.15, -0.1) is 0 Å². The zero-order valence-corrected chi connectivity index (χ0v) is 11.1. The van der Waals surface area contributed by atoms with Crippen LogP contribution in [-0.4, -0.2) is 41.7 Å². The fraction of sp³-hybridized carbons (Fsp3) is 0.600. The lowest BCUT2D eigenvalue weighted by Gasteiger charge is -2.21. The Kier molecular flexibility index (Phi) is 5.48. The second-order valence-corrected chi connectivity index (χ2v) is 4.13. The molecule has 0 aliphatic carbocycles. The maximum Gasteiger partial charge on any atom is 0.293 e. The maximum absolute atomic E-state index is 11.9. The summed E-state index contributed by atoms with van der Waals surface area (Å²) in [5.74, 6) is 0.474. The third-order valence-electron chi connectivity index (χ3n) is 2.22. The molecule has 0 aliphatic rings. The predicted octanol–water partition coefficient (Wildman–Crippen LogP) is 0.628. The molecule has 0 aliphatic heterocycles. The van der Waals surface area contributed by atoms with Crippen LogP contribution in [0.2, 0.25) is 0 Å². The van der Waals surface area contributed by atoms with Crippen LogP contribution < -0.4 is 10.5 Å². The Labute approximate surface area is 103 Å². The Morgan fingerprint density at radius 2 is 2.31 bits per heavy atom. The number of hydrogen-bond donors (Lipinski definition) is 0. The summed E-state index contributed by atoms with van der Waals surface area (Å²) in [7, 11) is 3.36. The van der Waals surface area contributed by atoms with Gasteiger partial charge >= 0.3 is 0 Å². The summed E-state index contributed by atoms with van der Waals surface area (Å²) < 4.78 is 6.54. The highest BCUT2D eigenvalue weighted by Gasteiger charge is 2.11. The van der Waals surface area contributed by atoms with E-state index >= 15 is 0 Å². The van der Waals surface area contributed by atoms with Gasteiger partial charge in [-0.25, -0.2) is 4.98 Å². The molecule has 6 heteroatoms. The highest BCUT2D eigenvalue weighted by Crippen LogP contribution is 2.03. The lowest BCUT2D eigenvalue weighted by Crippen LogP contribution is -2.36. The number of methoxy groups -OCH3 is 1. The van der Waals surface area contributed by atoms with Gasteiger partial charge in [0.25, 0.3) is 5.56 Å². The monoisotopic (exact) mass is 289 g/mol. The zero-order valence-electron chi connectivity index (χ0n) is 9.52. The Morgan fingerprint density at radius 3 is 2.94 bits per heavy atom. The third-order valence-corrected chi connectivity index (χ3v) is 2.57. The molecular formula is C10H16BrN3O2. The van der Waals surface area contributed by atoms with E-state index in [-0.39, 0.29) is 5.56 Å². The first-order chi connectivity index (χ1) is 7.70. The highest BCUT2D eigenvalue weighted by molar-refractivity contribution is 9.09. The number of aryl methyl sites for hydroxylation is 1. The van der Waals surface area contributed by atoms with Crippen molar-refractivity contribution in [3.63, 3.8) is 0 Å². The summed E-state index contributed by atoms with van der Waals surface area (Å²) in [5, 5.41) is 0.788. The lowest BCUT2D eigenvalue weighted by atomic mass is 10.4. The molecule has 0 radical (unpaired) electrons. The van der Waals surface area contributed by atoms with Crippen LogP contribution in [0, 0.1) is 0 Å². The number of hydrogen-bond acceptors (Lipinski definition) is 4.